The fraction of sp³-hybridized carbons (Fsp3) is 0.111. The lowest BCUT2D eigenvalue weighted by molar-refractivity contribution is 0.528. The van der Waals surface area contributed by atoms with E-state index < -0.39 is 5.76 Å². The van der Waals surface area contributed by atoms with Crippen LogP contribution in [0.3, 0.4) is 0 Å². The van der Waals surface area contributed by atoms with E-state index in [0.717, 1.165) is 16.6 Å². The number of H-pyrrole nitrogens is 1. The van der Waals surface area contributed by atoms with Crippen molar-refractivity contribution in [3.63, 3.8) is 0 Å². The molecule has 0 saturated heterocycles. The number of fused-ring (bicyclic) bond motifs is 2. The van der Waals surface area contributed by atoms with E-state index >= 15 is 0 Å². The van der Waals surface area contributed by atoms with E-state index in [1.165, 1.54) is 4.57 Å². The number of anilines is 1. The first-order valence-electron chi connectivity index (χ1n) is 7.66. The summed E-state index contributed by atoms with van der Waals surface area (Å²) >= 11 is 6.01. The maximum absolute atomic E-state index is 12.2. The summed E-state index contributed by atoms with van der Waals surface area (Å²) in [5.74, 6) is -0.407. The maximum atomic E-state index is 12.2. The number of nitrogens with one attached hydrogen (secondary N) is 2. The van der Waals surface area contributed by atoms with E-state index in [1.807, 2.05) is 12.1 Å². The summed E-state index contributed by atoms with van der Waals surface area (Å²) in [4.78, 5) is 26.6. The van der Waals surface area contributed by atoms with Gasteiger partial charge in [-0.15, -0.1) is 0 Å². The Balaban J connectivity index is 1.64. The van der Waals surface area contributed by atoms with Gasteiger partial charge < -0.3 is 14.7 Å². The van der Waals surface area contributed by atoms with E-state index in [-0.39, 0.29) is 5.56 Å². The first-order valence-corrected chi connectivity index (χ1v) is 8.04. The Kier molecular flexibility index (Phi) is 3.62. The molecule has 0 atom stereocenters. The average Bonchev–Trinajstić information content (AvgIpc) is 2.87. The number of benzene rings is 2. The number of aromatic amines is 1. The van der Waals surface area contributed by atoms with E-state index in [9.17, 15) is 9.59 Å². The monoisotopic (exact) mass is 355 g/mol. The number of halogens is 1. The molecule has 0 spiro atoms. The lowest BCUT2D eigenvalue weighted by Crippen LogP contribution is -2.15. The van der Waals surface area contributed by atoms with Crippen LogP contribution in [0.25, 0.3) is 22.0 Å². The summed E-state index contributed by atoms with van der Waals surface area (Å²) in [7, 11) is 1.65. The number of oxazole rings is 1. The fourth-order valence-electron chi connectivity index (χ4n) is 2.80. The summed E-state index contributed by atoms with van der Waals surface area (Å²) in [6, 6.07) is 12.5. The topological polar surface area (TPSA) is 80.0 Å². The zero-order valence-electron chi connectivity index (χ0n) is 13.3. The largest absolute Gasteiger partial charge is 0.419 e. The van der Waals surface area contributed by atoms with Crippen molar-refractivity contribution in [3.05, 3.63) is 74.0 Å². The Morgan fingerprint density at radius 1 is 1.16 bits per heavy atom. The quantitative estimate of drug-likeness (QED) is 0.591. The van der Waals surface area contributed by atoms with Crippen molar-refractivity contribution in [2.75, 3.05) is 5.32 Å². The summed E-state index contributed by atoms with van der Waals surface area (Å²) < 4.78 is 6.61. The van der Waals surface area contributed by atoms with Crippen molar-refractivity contribution in [2.45, 2.75) is 6.54 Å². The molecule has 4 rings (SSSR count). The standard InChI is InChI=1S/C18H14ClN3O3/c1-22-15-5-3-13(8-16(15)25-18(22)24)20-9-11-6-10-7-12(19)2-4-14(10)21-17(11)23/h2-8,20H,9H2,1H3,(H,21,23). The van der Waals surface area contributed by atoms with E-state index in [2.05, 4.69) is 10.3 Å². The molecule has 4 aromatic rings. The molecule has 25 heavy (non-hydrogen) atoms. The maximum Gasteiger partial charge on any atom is 0.419 e. The van der Waals surface area contributed by atoms with E-state index in [1.54, 1.807) is 37.4 Å². The highest BCUT2D eigenvalue weighted by atomic mass is 35.5. The lowest BCUT2D eigenvalue weighted by Gasteiger charge is -2.07. The normalized spacial score (nSPS) is 11.3. The number of aromatic nitrogens is 2. The Hall–Kier alpha value is -2.99. The third kappa shape index (κ3) is 2.81. The molecule has 0 unspecified atom stereocenters. The Morgan fingerprint density at radius 3 is 2.84 bits per heavy atom. The van der Waals surface area contributed by atoms with Crippen LogP contribution in [-0.2, 0) is 13.6 Å². The number of pyridine rings is 1. The predicted octanol–water partition coefficient (Wildman–Crippen LogP) is 3.24. The second kappa shape index (κ2) is 5.82. The second-order valence-corrected chi connectivity index (χ2v) is 6.25. The number of hydrogen-bond acceptors (Lipinski definition) is 4. The second-order valence-electron chi connectivity index (χ2n) is 5.82. The van der Waals surface area contributed by atoms with Gasteiger partial charge in [0.2, 0.25) is 0 Å². The van der Waals surface area contributed by atoms with Gasteiger partial charge in [0.25, 0.3) is 5.56 Å². The molecule has 2 heterocycles. The molecule has 0 aliphatic rings. The highest BCUT2D eigenvalue weighted by Gasteiger charge is 2.07. The van der Waals surface area contributed by atoms with Gasteiger partial charge in [-0.3, -0.25) is 9.36 Å². The van der Waals surface area contributed by atoms with Crippen LogP contribution in [0.15, 0.2) is 56.5 Å². The molecule has 0 aliphatic carbocycles. The molecule has 0 radical (unpaired) electrons. The minimum atomic E-state index is -0.407. The van der Waals surface area contributed by atoms with Gasteiger partial charge in [-0.25, -0.2) is 4.79 Å². The minimum Gasteiger partial charge on any atom is -0.408 e. The molecule has 0 aliphatic heterocycles. The molecule has 2 aromatic carbocycles. The van der Waals surface area contributed by atoms with Crippen molar-refractivity contribution >= 4 is 39.3 Å². The van der Waals surface area contributed by atoms with Crippen LogP contribution < -0.4 is 16.6 Å². The molecule has 2 N–H and O–H groups in total. The highest BCUT2D eigenvalue weighted by molar-refractivity contribution is 6.31. The third-order valence-corrected chi connectivity index (χ3v) is 4.39. The Bertz CT molecular complexity index is 1220. The van der Waals surface area contributed by atoms with Gasteiger partial charge in [0.1, 0.15) is 0 Å². The van der Waals surface area contributed by atoms with Gasteiger partial charge in [0.15, 0.2) is 5.58 Å². The summed E-state index contributed by atoms with van der Waals surface area (Å²) in [5, 5.41) is 4.66. The summed E-state index contributed by atoms with van der Waals surface area (Å²) in [5.41, 5.74) is 3.14. The number of nitrogens with zero attached hydrogens (tertiary/aromatic N) is 1. The van der Waals surface area contributed by atoms with Crippen molar-refractivity contribution in [1.29, 1.82) is 0 Å². The van der Waals surface area contributed by atoms with Crippen molar-refractivity contribution in [1.82, 2.24) is 9.55 Å². The van der Waals surface area contributed by atoms with Crippen LogP contribution >= 0.6 is 11.6 Å². The molecule has 0 bridgehead atoms. The third-order valence-electron chi connectivity index (χ3n) is 4.16. The van der Waals surface area contributed by atoms with Crippen molar-refractivity contribution in [2.24, 2.45) is 7.05 Å². The van der Waals surface area contributed by atoms with Gasteiger partial charge >= 0.3 is 5.76 Å². The molecule has 0 saturated carbocycles. The summed E-state index contributed by atoms with van der Waals surface area (Å²) in [6.45, 7) is 0.334. The van der Waals surface area contributed by atoms with Gasteiger partial charge in [-0.2, -0.15) is 0 Å². The average molecular weight is 356 g/mol. The smallest absolute Gasteiger partial charge is 0.408 e. The number of aryl methyl sites for hydroxylation is 1. The molecule has 0 amide bonds. The van der Waals surface area contributed by atoms with Crippen LogP contribution in [-0.4, -0.2) is 9.55 Å². The Morgan fingerprint density at radius 2 is 2.00 bits per heavy atom. The fourth-order valence-corrected chi connectivity index (χ4v) is 2.98. The highest BCUT2D eigenvalue weighted by Crippen LogP contribution is 2.20. The van der Waals surface area contributed by atoms with Gasteiger partial charge in [0.05, 0.1) is 5.52 Å². The van der Waals surface area contributed by atoms with Crippen LogP contribution in [0.5, 0.6) is 0 Å². The Labute approximate surface area is 146 Å². The molecule has 126 valence electrons. The van der Waals surface area contributed by atoms with Crippen LogP contribution in [0.2, 0.25) is 5.02 Å². The van der Waals surface area contributed by atoms with E-state index in [4.69, 9.17) is 16.0 Å². The number of hydrogen-bond donors (Lipinski definition) is 2. The zero-order valence-corrected chi connectivity index (χ0v) is 14.1. The number of rotatable bonds is 3. The first kappa shape index (κ1) is 15.5. The molecular formula is C18H14ClN3O3. The zero-order chi connectivity index (χ0) is 17.6. The van der Waals surface area contributed by atoms with Crippen LogP contribution in [0.1, 0.15) is 5.56 Å². The predicted molar refractivity (Wildman–Crippen MR) is 98.4 cm³/mol. The first-order chi connectivity index (χ1) is 12.0. The molecule has 2 aromatic heterocycles. The lowest BCUT2D eigenvalue weighted by atomic mass is 10.1. The molecule has 0 fully saturated rings. The van der Waals surface area contributed by atoms with Gasteiger partial charge in [0, 0.05) is 46.8 Å². The summed E-state index contributed by atoms with van der Waals surface area (Å²) in [6.07, 6.45) is 0. The minimum absolute atomic E-state index is 0.158. The van der Waals surface area contributed by atoms with Gasteiger partial charge in [-0.05, 0) is 36.4 Å². The van der Waals surface area contributed by atoms with E-state index in [0.29, 0.717) is 28.2 Å². The SMILES string of the molecule is Cn1c(=O)oc2cc(NCc3cc4cc(Cl)ccc4[nH]c3=O)ccc21. The van der Waals surface area contributed by atoms with Crippen molar-refractivity contribution in [3.8, 4) is 0 Å². The van der Waals surface area contributed by atoms with Gasteiger partial charge in [-0.1, -0.05) is 11.6 Å². The van der Waals surface area contributed by atoms with Crippen LogP contribution in [0.4, 0.5) is 5.69 Å². The van der Waals surface area contributed by atoms with Crippen LogP contribution in [0, 0.1) is 0 Å². The molecular weight excluding hydrogens is 342 g/mol. The van der Waals surface area contributed by atoms with Crippen molar-refractivity contribution < 1.29 is 4.42 Å². The molecule has 6 nitrogen and oxygen atoms in total. The molecule has 7 heteroatoms.